The number of amides is 2. The first-order valence-corrected chi connectivity index (χ1v) is 13.8. The Morgan fingerprint density at radius 2 is 1.58 bits per heavy atom. The summed E-state index contributed by atoms with van der Waals surface area (Å²) in [7, 11) is 0. The van der Waals surface area contributed by atoms with Gasteiger partial charge in [-0.15, -0.1) is 11.8 Å². The second-order valence-electron chi connectivity index (χ2n) is 9.68. The van der Waals surface area contributed by atoms with E-state index in [0.717, 1.165) is 15.6 Å². The molecule has 0 aliphatic carbocycles. The highest BCUT2D eigenvalue weighted by molar-refractivity contribution is 9.10. The minimum atomic E-state index is -0.697. The Balaban J connectivity index is 1.87. The van der Waals surface area contributed by atoms with E-state index in [1.807, 2.05) is 75.4 Å². The van der Waals surface area contributed by atoms with Gasteiger partial charge >= 0.3 is 0 Å². The number of benzene rings is 3. The lowest BCUT2D eigenvalue weighted by molar-refractivity contribution is -0.140. The van der Waals surface area contributed by atoms with E-state index >= 15 is 0 Å². The van der Waals surface area contributed by atoms with Crippen molar-refractivity contribution in [2.24, 2.45) is 0 Å². The maximum Gasteiger partial charge on any atom is 0.243 e. The van der Waals surface area contributed by atoms with E-state index in [1.165, 1.54) is 17.8 Å². The fourth-order valence-electron chi connectivity index (χ4n) is 3.74. The number of nitrogens with one attached hydrogen (secondary N) is 1. The first kappa shape index (κ1) is 27.9. The Kier molecular flexibility index (Phi) is 10.1. The maximum atomic E-state index is 14.1. The highest BCUT2D eigenvalue weighted by Crippen LogP contribution is 2.21. The summed E-state index contributed by atoms with van der Waals surface area (Å²) in [5.41, 5.74) is 2.00. The van der Waals surface area contributed by atoms with Crippen molar-refractivity contribution >= 4 is 39.5 Å². The number of hydrogen-bond acceptors (Lipinski definition) is 3. The van der Waals surface area contributed by atoms with Crippen molar-refractivity contribution in [3.05, 3.63) is 106 Å². The van der Waals surface area contributed by atoms with Crippen LogP contribution in [0.2, 0.25) is 0 Å². The van der Waals surface area contributed by atoms with E-state index in [2.05, 4.69) is 21.2 Å². The van der Waals surface area contributed by atoms with E-state index in [1.54, 1.807) is 23.1 Å². The number of halogens is 2. The third kappa shape index (κ3) is 8.79. The molecule has 3 aromatic rings. The van der Waals surface area contributed by atoms with Crippen LogP contribution in [-0.4, -0.2) is 34.0 Å². The summed E-state index contributed by atoms with van der Waals surface area (Å²) in [5.74, 6) is -0.128. The lowest BCUT2D eigenvalue weighted by atomic mass is 10.0. The largest absolute Gasteiger partial charge is 0.350 e. The zero-order valence-corrected chi connectivity index (χ0v) is 23.2. The van der Waals surface area contributed by atoms with Crippen molar-refractivity contribution in [2.75, 3.05) is 5.75 Å². The molecule has 2 amide bonds. The van der Waals surface area contributed by atoms with Gasteiger partial charge in [0, 0.05) is 28.7 Å². The molecule has 190 valence electrons. The number of rotatable bonds is 10. The normalized spacial score (nSPS) is 12.1. The first-order chi connectivity index (χ1) is 17.1. The van der Waals surface area contributed by atoms with Crippen LogP contribution in [0.3, 0.4) is 0 Å². The predicted octanol–water partition coefficient (Wildman–Crippen LogP) is 6.38. The highest BCUT2D eigenvalue weighted by Gasteiger charge is 2.32. The zero-order chi connectivity index (χ0) is 26.1. The van der Waals surface area contributed by atoms with Crippen LogP contribution in [0.5, 0.6) is 0 Å². The monoisotopic (exact) mass is 570 g/mol. The Hall–Kier alpha value is -2.64. The van der Waals surface area contributed by atoms with E-state index in [9.17, 15) is 14.0 Å². The SMILES string of the molecule is CC(C)(C)NC(=O)[C@H](Cc1ccccc1)N(Cc1ccc(Br)cc1)C(=O)CSCc1ccccc1F. The molecular formula is C29H32BrFN2O2S. The Morgan fingerprint density at radius 1 is 0.944 bits per heavy atom. The molecule has 1 N–H and O–H groups in total. The van der Waals surface area contributed by atoms with E-state index in [0.29, 0.717) is 24.3 Å². The van der Waals surface area contributed by atoms with Crippen molar-refractivity contribution in [3.63, 3.8) is 0 Å². The molecule has 0 fully saturated rings. The number of carbonyl (C=O) groups excluding carboxylic acids is 2. The average molecular weight is 572 g/mol. The van der Waals surface area contributed by atoms with Crippen LogP contribution >= 0.6 is 27.7 Å². The smallest absolute Gasteiger partial charge is 0.243 e. The molecule has 3 aromatic carbocycles. The average Bonchev–Trinajstić information content (AvgIpc) is 2.83. The second kappa shape index (κ2) is 13.1. The lowest BCUT2D eigenvalue weighted by Crippen LogP contribution is -2.54. The molecule has 0 heterocycles. The van der Waals surface area contributed by atoms with E-state index in [-0.39, 0.29) is 23.4 Å². The van der Waals surface area contributed by atoms with Crippen LogP contribution in [0.4, 0.5) is 4.39 Å². The third-order valence-electron chi connectivity index (χ3n) is 5.48. The Labute approximate surface area is 225 Å². The van der Waals surface area contributed by atoms with Gasteiger partial charge in [0.25, 0.3) is 0 Å². The maximum absolute atomic E-state index is 14.1. The quantitative estimate of drug-likeness (QED) is 0.308. The lowest BCUT2D eigenvalue weighted by Gasteiger charge is -2.34. The number of nitrogens with zero attached hydrogens (tertiary/aromatic N) is 1. The minimum absolute atomic E-state index is 0.138. The number of thioether (sulfide) groups is 1. The van der Waals surface area contributed by atoms with E-state index in [4.69, 9.17) is 0 Å². The molecule has 1 atom stereocenters. The predicted molar refractivity (Wildman–Crippen MR) is 149 cm³/mol. The van der Waals surface area contributed by atoms with Gasteiger partial charge in [-0.3, -0.25) is 9.59 Å². The van der Waals surface area contributed by atoms with Crippen LogP contribution < -0.4 is 5.32 Å². The molecule has 0 aliphatic rings. The molecule has 36 heavy (non-hydrogen) atoms. The van der Waals surface area contributed by atoms with Gasteiger partial charge in [-0.25, -0.2) is 4.39 Å². The molecule has 0 bridgehead atoms. The number of carbonyl (C=O) groups is 2. The van der Waals surface area contributed by atoms with Gasteiger partial charge in [0.2, 0.25) is 11.8 Å². The van der Waals surface area contributed by atoms with Gasteiger partial charge in [-0.1, -0.05) is 76.6 Å². The van der Waals surface area contributed by atoms with E-state index < -0.39 is 11.6 Å². The fraction of sp³-hybridized carbons (Fsp3) is 0.310. The fourth-order valence-corrected chi connectivity index (χ4v) is 4.90. The summed E-state index contributed by atoms with van der Waals surface area (Å²) in [6, 6.07) is 23.3. The molecule has 7 heteroatoms. The van der Waals surface area contributed by atoms with Crippen molar-refractivity contribution in [1.29, 1.82) is 0 Å². The second-order valence-corrected chi connectivity index (χ2v) is 11.6. The summed E-state index contributed by atoms with van der Waals surface area (Å²) in [6.07, 6.45) is 0.392. The summed E-state index contributed by atoms with van der Waals surface area (Å²) in [5, 5.41) is 3.06. The molecular weight excluding hydrogens is 539 g/mol. The van der Waals surface area contributed by atoms with Crippen molar-refractivity contribution in [2.45, 2.75) is 51.1 Å². The molecule has 0 unspecified atom stereocenters. The molecule has 0 radical (unpaired) electrons. The van der Waals surface area contributed by atoms with Gasteiger partial charge in [-0.05, 0) is 55.7 Å². The van der Waals surface area contributed by atoms with Crippen LogP contribution in [0.15, 0.2) is 83.3 Å². The van der Waals surface area contributed by atoms with Gasteiger partial charge in [-0.2, -0.15) is 0 Å². The molecule has 0 saturated heterocycles. The Morgan fingerprint density at radius 3 is 2.22 bits per heavy atom. The van der Waals surface area contributed by atoms with Crippen LogP contribution in [0.25, 0.3) is 0 Å². The molecule has 4 nitrogen and oxygen atoms in total. The Bertz CT molecular complexity index is 1150. The summed E-state index contributed by atoms with van der Waals surface area (Å²) >= 11 is 4.80. The highest BCUT2D eigenvalue weighted by atomic mass is 79.9. The van der Waals surface area contributed by atoms with Crippen LogP contribution in [0, 0.1) is 5.82 Å². The summed E-state index contributed by atoms with van der Waals surface area (Å²) < 4.78 is 15.0. The third-order valence-corrected chi connectivity index (χ3v) is 6.97. The molecule has 3 rings (SSSR count). The zero-order valence-electron chi connectivity index (χ0n) is 20.8. The van der Waals surface area contributed by atoms with Crippen molar-refractivity contribution in [1.82, 2.24) is 10.2 Å². The standard InChI is InChI=1S/C29H32BrFN2O2S/c1-29(2,3)32-28(35)26(17-21-9-5-4-6-10-21)33(18-22-13-15-24(30)16-14-22)27(34)20-36-19-23-11-7-8-12-25(23)31/h4-16,26H,17-20H2,1-3H3,(H,32,35)/t26-/m0/s1. The summed E-state index contributed by atoms with van der Waals surface area (Å²) in [6.45, 7) is 6.07. The van der Waals surface area contributed by atoms with Crippen molar-refractivity contribution < 1.29 is 14.0 Å². The van der Waals surface area contributed by atoms with Gasteiger partial charge in [0.05, 0.1) is 5.75 Å². The van der Waals surface area contributed by atoms with Gasteiger partial charge in [0.15, 0.2) is 0 Å². The number of hydrogen-bond donors (Lipinski definition) is 1. The molecule has 0 aliphatic heterocycles. The van der Waals surface area contributed by atoms with Crippen molar-refractivity contribution in [3.8, 4) is 0 Å². The van der Waals surface area contributed by atoms with Gasteiger partial charge < -0.3 is 10.2 Å². The topological polar surface area (TPSA) is 49.4 Å². The first-order valence-electron chi connectivity index (χ1n) is 11.8. The van der Waals surface area contributed by atoms with Crippen LogP contribution in [0.1, 0.15) is 37.5 Å². The summed E-state index contributed by atoms with van der Waals surface area (Å²) in [4.78, 5) is 28.8. The minimum Gasteiger partial charge on any atom is -0.350 e. The molecule has 0 spiro atoms. The van der Waals surface area contributed by atoms with Crippen LogP contribution in [-0.2, 0) is 28.3 Å². The van der Waals surface area contributed by atoms with Gasteiger partial charge in [0.1, 0.15) is 11.9 Å². The molecule has 0 saturated carbocycles. The molecule has 0 aromatic heterocycles.